The van der Waals surface area contributed by atoms with Crippen molar-refractivity contribution in [1.82, 2.24) is 0 Å². The number of ether oxygens (including phenoxy) is 1. The summed E-state index contributed by atoms with van der Waals surface area (Å²) in [7, 11) is 0. The van der Waals surface area contributed by atoms with E-state index in [-0.39, 0.29) is 18.5 Å². The summed E-state index contributed by atoms with van der Waals surface area (Å²) in [5.74, 6) is -0.287. The number of aryl methyl sites for hydroxylation is 1. The summed E-state index contributed by atoms with van der Waals surface area (Å²) < 4.78 is 18.8. The van der Waals surface area contributed by atoms with Gasteiger partial charge in [-0.15, -0.1) is 0 Å². The maximum Gasteiger partial charge on any atom is 0.147 e. The SMILES string of the molecule is Cc1ccccc1C1OC1(CO)c1ccc(F)cc1. The van der Waals surface area contributed by atoms with E-state index in [4.69, 9.17) is 4.74 Å². The lowest BCUT2D eigenvalue weighted by atomic mass is 9.91. The van der Waals surface area contributed by atoms with Gasteiger partial charge in [0.1, 0.15) is 17.5 Å². The van der Waals surface area contributed by atoms with Crippen LogP contribution in [0.4, 0.5) is 4.39 Å². The van der Waals surface area contributed by atoms with Crippen LogP contribution in [0.5, 0.6) is 0 Å². The van der Waals surface area contributed by atoms with Crippen LogP contribution in [0, 0.1) is 12.7 Å². The second-order valence-corrected chi connectivity index (χ2v) is 4.91. The zero-order chi connectivity index (χ0) is 13.5. The Morgan fingerprint density at radius 3 is 2.47 bits per heavy atom. The van der Waals surface area contributed by atoms with E-state index in [0.717, 1.165) is 16.7 Å². The van der Waals surface area contributed by atoms with Crippen LogP contribution in [-0.4, -0.2) is 11.7 Å². The third-order valence-electron chi connectivity index (χ3n) is 3.73. The van der Waals surface area contributed by atoms with E-state index in [1.165, 1.54) is 12.1 Å². The van der Waals surface area contributed by atoms with E-state index >= 15 is 0 Å². The van der Waals surface area contributed by atoms with Crippen molar-refractivity contribution in [3.05, 3.63) is 71.0 Å². The molecule has 0 aromatic heterocycles. The van der Waals surface area contributed by atoms with Gasteiger partial charge in [0.2, 0.25) is 0 Å². The zero-order valence-corrected chi connectivity index (χ0v) is 10.6. The van der Waals surface area contributed by atoms with Crippen LogP contribution in [0.25, 0.3) is 0 Å². The lowest BCUT2D eigenvalue weighted by Gasteiger charge is -2.11. The van der Waals surface area contributed by atoms with Gasteiger partial charge in [-0.3, -0.25) is 0 Å². The number of halogens is 1. The minimum Gasteiger partial charge on any atom is -0.393 e. The van der Waals surface area contributed by atoms with E-state index in [9.17, 15) is 9.50 Å². The van der Waals surface area contributed by atoms with Crippen LogP contribution in [0.3, 0.4) is 0 Å². The van der Waals surface area contributed by atoms with Crippen LogP contribution in [0.1, 0.15) is 22.8 Å². The first-order chi connectivity index (χ1) is 9.17. The third kappa shape index (κ3) is 1.95. The zero-order valence-electron chi connectivity index (χ0n) is 10.6. The summed E-state index contributed by atoms with van der Waals surface area (Å²) in [6, 6.07) is 14.1. The average Bonchev–Trinajstić information content (AvgIpc) is 3.16. The van der Waals surface area contributed by atoms with Gasteiger partial charge >= 0.3 is 0 Å². The quantitative estimate of drug-likeness (QED) is 0.858. The number of rotatable bonds is 3. The standard InChI is InChI=1S/C16H15FO2/c1-11-4-2-3-5-14(11)15-16(10-18,19-15)12-6-8-13(17)9-7-12/h2-9,15,18H,10H2,1H3. The molecule has 1 aliphatic heterocycles. The molecule has 2 nitrogen and oxygen atoms in total. The summed E-state index contributed by atoms with van der Waals surface area (Å²) in [5.41, 5.74) is 2.29. The first-order valence-electron chi connectivity index (χ1n) is 6.27. The summed E-state index contributed by atoms with van der Waals surface area (Å²) >= 11 is 0. The molecule has 19 heavy (non-hydrogen) atoms. The fourth-order valence-corrected chi connectivity index (χ4v) is 2.53. The van der Waals surface area contributed by atoms with Gasteiger partial charge in [0, 0.05) is 0 Å². The molecule has 3 rings (SSSR count). The Hall–Kier alpha value is -1.71. The number of aliphatic hydroxyl groups is 1. The Morgan fingerprint density at radius 1 is 1.16 bits per heavy atom. The Morgan fingerprint density at radius 2 is 1.84 bits per heavy atom. The molecule has 0 saturated carbocycles. The van der Waals surface area contributed by atoms with Crippen LogP contribution < -0.4 is 0 Å². The van der Waals surface area contributed by atoms with Crippen molar-refractivity contribution in [2.45, 2.75) is 18.6 Å². The number of benzene rings is 2. The molecule has 1 fully saturated rings. The van der Waals surface area contributed by atoms with E-state index in [2.05, 4.69) is 0 Å². The Balaban J connectivity index is 1.96. The highest BCUT2D eigenvalue weighted by Crippen LogP contribution is 2.57. The predicted octanol–water partition coefficient (Wildman–Crippen LogP) is 3.09. The largest absolute Gasteiger partial charge is 0.393 e. The average molecular weight is 258 g/mol. The van der Waals surface area contributed by atoms with Gasteiger partial charge in [0.05, 0.1) is 6.61 Å². The van der Waals surface area contributed by atoms with Gasteiger partial charge in [-0.25, -0.2) is 4.39 Å². The lowest BCUT2D eigenvalue weighted by Crippen LogP contribution is -2.15. The van der Waals surface area contributed by atoms with Gasteiger partial charge in [-0.05, 0) is 35.7 Å². The predicted molar refractivity (Wildman–Crippen MR) is 70.2 cm³/mol. The summed E-state index contributed by atoms with van der Waals surface area (Å²) in [5, 5.41) is 9.68. The molecular formula is C16H15FO2. The molecule has 1 saturated heterocycles. The monoisotopic (exact) mass is 258 g/mol. The highest BCUT2D eigenvalue weighted by molar-refractivity contribution is 5.39. The maximum atomic E-state index is 13.0. The van der Waals surface area contributed by atoms with Crippen LogP contribution in [0.15, 0.2) is 48.5 Å². The van der Waals surface area contributed by atoms with Crippen molar-refractivity contribution in [1.29, 1.82) is 0 Å². The Kier molecular flexibility index (Phi) is 2.88. The van der Waals surface area contributed by atoms with Crippen LogP contribution in [-0.2, 0) is 10.3 Å². The fraction of sp³-hybridized carbons (Fsp3) is 0.250. The smallest absolute Gasteiger partial charge is 0.147 e. The summed E-state index contributed by atoms with van der Waals surface area (Å²) in [4.78, 5) is 0. The molecule has 0 radical (unpaired) electrons. The molecule has 2 unspecified atom stereocenters. The topological polar surface area (TPSA) is 32.8 Å². The molecule has 0 amide bonds. The molecule has 1 N–H and O–H groups in total. The molecule has 3 heteroatoms. The van der Waals surface area contributed by atoms with E-state index < -0.39 is 5.60 Å². The molecule has 1 aliphatic rings. The number of hydrogen-bond acceptors (Lipinski definition) is 2. The minimum atomic E-state index is -0.722. The van der Waals surface area contributed by atoms with Crippen molar-refractivity contribution in [3.63, 3.8) is 0 Å². The van der Waals surface area contributed by atoms with Crippen molar-refractivity contribution in [3.8, 4) is 0 Å². The highest BCUT2D eigenvalue weighted by atomic mass is 19.1. The van der Waals surface area contributed by atoms with Crippen LogP contribution >= 0.6 is 0 Å². The lowest BCUT2D eigenvalue weighted by molar-refractivity contribution is 0.172. The van der Waals surface area contributed by atoms with Crippen molar-refractivity contribution in [2.24, 2.45) is 0 Å². The normalized spacial score (nSPS) is 25.3. The van der Waals surface area contributed by atoms with Gasteiger partial charge in [0.15, 0.2) is 0 Å². The summed E-state index contributed by atoms with van der Waals surface area (Å²) in [6.45, 7) is 1.90. The first-order valence-corrected chi connectivity index (χ1v) is 6.27. The molecule has 1 heterocycles. The molecule has 0 spiro atoms. The van der Waals surface area contributed by atoms with E-state index in [1.807, 2.05) is 31.2 Å². The van der Waals surface area contributed by atoms with Crippen molar-refractivity contribution < 1.29 is 14.2 Å². The summed E-state index contributed by atoms with van der Waals surface area (Å²) in [6.07, 6.45) is -0.163. The number of hydrogen-bond donors (Lipinski definition) is 1. The van der Waals surface area contributed by atoms with Gasteiger partial charge in [0.25, 0.3) is 0 Å². The van der Waals surface area contributed by atoms with Gasteiger partial charge in [-0.1, -0.05) is 36.4 Å². The molecule has 0 bridgehead atoms. The Labute approximate surface area is 111 Å². The van der Waals surface area contributed by atoms with Gasteiger partial charge < -0.3 is 9.84 Å². The highest BCUT2D eigenvalue weighted by Gasteiger charge is 2.58. The number of aliphatic hydroxyl groups excluding tert-OH is 1. The second-order valence-electron chi connectivity index (χ2n) is 4.91. The first kappa shape index (κ1) is 12.3. The Bertz CT molecular complexity index is 594. The van der Waals surface area contributed by atoms with Crippen LogP contribution in [0.2, 0.25) is 0 Å². The molecular weight excluding hydrogens is 243 g/mol. The van der Waals surface area contributed by atoms with E-state index in [1.54, 1.807) is 12.1 Å². The minimum absolute atomic E-state index is 0.113. The molecule has 2 aromatic carbocycles. The molecule has 2 aromatic rings. The third-order valence-corrected chi connectivity index (χ3v) is 3.73. The van der Waals surface area contributed by atoms with Crippen molar-refractivity contribution in [2.75, 3.05) is 6.61 Å². The molecule has 2 atom stereocenters. The number of epoxide rings is 1. The maximum absolute atomic E-state index is 13.0. The molecule has 0 aliphatic carbocycles. The van der Waals surface area contributed by atoms with Crippen molar-refractivity contribution >= 4 is 0 Å². The van der Waals surface area contributed by atoms with E-state index in [0.29, 0.717) is 0 Å². The molecule has 98 valence electrons. The van der Waals surface area contributed by atoms with Gasteiger partial charge in [-0.2, -0.15) is 0 Å². The second kappa shape index (κ2) is 4.44. The fourth-order valence-electron chi connectivity index (χ4n) is 2.53.